The fraction of sp³-hybridized carbons (Fsp3) is 1.00. The zero-order valence-electron chi connectivity index (χ0n) is 12.3. The first-order valence-corrected chi connectivity index (χ1v) is 7.11. The van der Waals surface area contributed by atoms with Crippen LogP contribution in [-0.4, -0.2) is 48.8 Å². The van der Waals surface area contributed by atoms with Crippen molar-refractivity contribution in [3.8, 4) is 0 Å². The molecule has 1 rings (SSSR count). The van der Waals surface area contributed by atoms with E-state index in [2.05, 4.69) is 44.8 Å². The molecule has 1 aliphatic heterocycles. The van der Waals surface area contributed by atoms with E-state index in [1.165, 1.54) is 12.8 Å². The predicted molar refractivity (Wildman–Crippen MR) is 73.4 cm³/mol. The Morgan fingerprint density at radius 1 is 1.35 bits per heavy atom. The number of morpholine rings is 1. The van der Waals surface area contributed by atoms with Gasteiger partial charge in [0.2, 0.25) is 0 Å². The number of nitrogens with zero attached hydrogens (tertiary/aromatic N) is 1. The second-order valence-corrected chi connectivity index (χ2v) is 5.79. The molecule has 1 N–H and O–H groups in total. The van der Waals surface area contributed by atoms with Crippen molar-refractivity contribution < 1.29 is 4.74 Å². The Morgan fingerprint density at radius 3 is 2.59 bits per heavy atom. The molecule has 1 fully saturated rings. The number of ether oxygens (including phenoxy) is 1. The van der Waals surface area contributed by atoms with Gasteiger partial charge in [-0.05, 0) is 40.2 Å². The van der Waals surface area contributed by atoms with Gasteiger partial charge in [0, 0.05) is 25.2 Å². The second-order valence-electron chi connectivity index (χ2n) is 5.79. The van der Waals surface area contributed by atoms with E-state index in [-0.39, 0.29) is 5.60 Å². The van der Waals surface area contributed by atoms with E-state index < -0.39 is 0 Å². The molecule has 17 heavy (non-hydrogen) atoms. The minimum atomic E-state index is 0.00948. The van der Waals surface area contributed by atoms with Gasteiger partial charge in [-0.1, -0.05) is 13.8 Å². The molecule has 0 spiro atoms. The van der Waals surface area contributed by atoms with E-state index in [0.717, 1.165) is 26.2 Å². The van der Waals surface area contributed by atoms with Crippen molar-refractivity contribution in [2.24, 2.45) is 0 Å². The van der Waals surface area contributed by atoms with Crippen LogP contribution in [0.15, 0.2) is 0 Å². The Morgan fingerprint density at radius 2 is 2.06 bits per heavy atom. The maximum absolute atomic E-state index is 5.78. The van der Waals surface area contributed by atoms with E-state index in [1.54, 1.807) is 0 Å². The first-order valence-electron chi connectivity index (χ1n) is 7.11. The van der Waals surface area contributed by atoms with Crippen molar-refractivity contribution in [1.29, 1.82) is 0 Å². The Labute approximate surface area is 107 Å². The summed E-state index contributed by atoms with van der Waals surface area (Å²) in [5, 5.41) is 3.66. The van der Waals surface area contributed by atoms with Gasteiger partial charge in [-0.3, -0.25) is 4.90 Å². The minimum absolute atomic E-state index is 0.00948. The van der Waals surface area contributed by atoms with Crippen LogP contribution < -0.4 is 5.32 Å². The van der Waals surface area contributed by atoms with Crippen LogP contribution >= 0.6 is 0 Å². The number of rotatable bonds is 6. The van der Waals surface area contributed by atoms with Gasteiger partial charge in [-0.2, -0.15) is 0 Å². The first-order chi connectivity index (χ1) is 8.00. The van der Waals surface area contributed by atoms with Gasteiger partial charge in [0.05, 0.1) is 12.2 Å². The standard InChI is InChI=1S/C14H30N2O/c1-6-8-15-13(7-2)12(3)16-9-10-17-14(4,5)11-16/h12-13,15H,6-11H2,1-5H3. The molecule has 1 aliphatic rings. The predicted octanol–water partition coefficient (Wildman–Crippen LogP) is 2.26. The number of hydrogen-bond acceptors (Lipinski definition) is 3. The molecule has 0 aromatic carbocycles. The van der Waals surface area contributed by atoms with Crippen LogP contribution in [0.2, 0.25) is 0 Å². The van der Waals surface area contributed by atoms with Crippen LogP contribution in [-0.2, 0) is 4.74 Å². The fourth-order valence-electron chi connectivity index (χ4n) is 2.64. The van der Waals surface area contributed by atoms with E-state index in [4.69, 9.17) is 4.74 Å². The summed E-state index contributed by atoms with van der Waals surface area (Å²) in [6, 6.07) is 1.19. The van der Waals surface area contributed by atoms with Gasteiger partial charge in [0.15, 0.2) is 0 Å². The molecule has 0 radical (unpaired) electrons. The number of hydrogen-bond donors (Lipinski definition) is 1. The van der Waals surface area contributed by atoms with Crippen molar-refractivity contribution in [3.05, 3.63) is 0 Å². The molecule has 3 nitrogen and oxygen atoms in total. The van der Waals surface area contributed by atoms with Crippen LogP contribution in [0, 0.1) is 0 Å². The summed E-state index contributed by atoms with van der Waals surface area (Å²) >= 11 is 0. The van der Waals surface area contributed by atoms with Gasteiger partial charge in [0.1, 0.15) is 0 Å². The molecule has 3 heteroatoms. The third-order valence-corrected chi connectivity index (χ3v) is 3.71. The molecule has 0 amide bonds. The second kappa shape index (κ2) is 6.72. The molecule has 102 valence electrons. The number of nitrogens with one attached hydrogen (secondary N) is 1. The van der Waals surface area contributed by atoms with Crippen molar-refractivity contribution in [3.63, 3.8) is 0 Å². The monoisotopic (exact) mass is 242 g/mol. The van der Waals surface area contributed by atoms with Crippen LogP contribution in [0.4, 0.5) is 0 Å². The highest BCUT2D eigenvalue weighted by Gasteiger charge is 2.31. The van der Waals surface area contributed by atoms with Crippen molar-refractivity contribution >= 4 is 0 Å². The zero-order valence-corrected chi connectivity index (χ0v) is 12.3. The van der Waals surface area contributed by atoms with Crippen molar-refractivity contribution in [2.75, 3.05) is 26.2 Å². The van der Waals surface area contributed by atoms with Gasteiger partial charge < -0.3 is 10.1 Å². The van der Waals surface area contributed by atoms with Gasteiger partial charge in [-0.15, -0.1) is 0 Å². The molecule has 0 aromatic heterocycles. The molecule has 2 unspecified atom stereocenters. The Balaban J connectivity index is 2.51. The first kappa shape index (κ1) is 14.9. The molecule has 0 bridgehead atoms. The average Bonchev–Trinajstić information content (AvgIpc) is 2.28. The molecule has 1 heterocycles. The molecular formula is C14H30N2O. The highest BCUT2D eigenvalue weighted by molar-refractivity contribution is 4.87. The molecule has 0 aromatic rings. The summed E-state index contributed by atoms with van der Waals surface area (Å²) in [5.74, 6) is 0. The Hall–Kier alpha value is -0.120. The van der Waals surface area contributed by atoms with Crippen LogP contribution in [0.25, 0.3) is 0 Å². The molecule has 0 aliphatic carbocycles. The van der Waals surface area contributed by atoms with E-state index in [9.17, 15) is 0 Å². The SMILES string of the molecule is CCCNC(CC)C(C)N1CCOC(C)(C)C1. The van der Waals surface area contributed by atoms with Gasteiger partial charge in [-0.25, -0.2) is 0 Å². The average molecular weight is 242 g/mol. The van der Waals surface area contributed by atoms with Crippen LogP contribution in [0.5, 0.6) is 0 Å². The van der Waals surface area contributed by atoms with Gasteiger partial charge in [0.25, 0.3) is 0 Å². The van der Waals surface area contributed by atoms with E-state index in [0.29, 0.717) is 12.1 Å². The summed E-state index contributed by atoms with van der Waals surface area (Å²) < 4.78 is 5.78. The summed E-state index contributed by atoms with van der Waals surface area (Å²) in [4.78, 5) is 2.57. The summed E-state index contributed by atoms with van der Waals surface area (Å²) in [5.41, 5.74) is 0.00948. The lowest BCUT2D eigenvalue weighted by atomic mass is 10.0. The smallest absolute Gasteiger partial charge is 0.0753 e. The fourth-order valence-corrected chi connectivity index (χ4v) is 2.64. The topological polar surface area (TPSA) is 24.5 Å². The third-order valence-electron chi connectivity index (χ3n) is 3.71. The van der Waals surface area contributed by atoms with E-state index in [1.807, 2.05) is 0 Å². The molecule has 2 atom stereocenters. The lowest BCUT2D eigenvalue weighted by Gasteiger charge is -2.43. The van der Waals surface area contributed by atoms with Crippen LogP contribution in [0.1, 0.15) is 47.5 Å². The summed E-state index contributed by atoms with van der Waals surface area (Å²) in [6.07, 6.45) is 2.40. The Kier molecular flexibility index (Phi) is 5.90. The quantitative estimate of drug-likeness (QED) is 0.773. The summed E-state index contributed by atoms with van der Waals surface area (Å²) in [6.45, 7) is 15.3. The van der Waals surface area contributed by atoms with Gasteiger partial charge >= 0.3 is 0 Å². The normalized spacial score (nSPS) is 24.5. The lowest BCUT2D eigenvalue weighted by molar-refractivity contribution is -0.0985. The van der Waals surface area contributed by atoms with E-state index >= 15 is 0 Å². The molecule has 0 saturated carbocycles. The molecular weight excluding hydrogens is 212 g/mol. The van der Waals surface area contributed by atoms with Crippen molar-refractivity contribution in [1.82, 2.24) is 10.2 Å². The maximum atomic E-state index is 5.78. The third kappa shape index (κ3) is 4.57. The largest absolute Gasteiger partial charge is 0.373 e. The summed E-state index contributed by atoms with van der Waals surface area (Å²) in [7, 11) is 0. The zero-order chi connectivity index (χ0) is 12.9. The van der Waals surface area contributed by atoms with Crippen LogP contribution in [0.3, 0.4) is 0 Å². The molecule has 1 saturated heterocycles. The minimum Gasteiger partial charge on any atom is -0.373 e. The van der Waals surface area contributed by atoms with Crippen molar-refractivity contribution in [2.45, 2.75) is 65.1 Å². The highest BCUT2D eigenvalue weighted by Crippen LogP contribution is 2.20. The highest BCUT2D eigenvalue weighted by atomic mass is 16.5. The lowest BCUT2D eigenvalue weighted by Crippen LogP contribution is -2.56. The Bertz CT molecular complexity index is 218. The maximum Gasteiger partial charge on any atom is 0.0753 e.